The van der Waals surface area contributed by atoms with Gasteiger partial charge in [-0.1, -0.05) is 13.8 Å². The maximum atomic E-state index is 12.1. The van der Waals surface area contributed by atoms with Crippen LogP contribution in [0.25, 0.3) is 0 Å². The normalized spacial score (nSPS) is 19.8. The summed E-state index contributed by atoms with van der Waals surface area (Å²) in [4.78, 5) is 25.1. The number of nitrogens with one attached hydrogen (secondary N) is 1. The van der Waals surface area contributed by atoms with Crippen LogP contribution in [0.15, 0.2) is 0 Å². The number of carbonyl (C=O) groups excluding carboxylic acids is 2. The first kappa shape index (κ1) is 17.2. The lowest BCUT2D eigenvalue weighted by atomic mass is 9.91. The number of nitrogens with two attached hydrogens (primary N) is 1. The van der Waals surface area contributed by atoms with E-state index in [9.17, 15) is 9.59 Å². The van der Waals surface area contributed by atoms with Crippen molar-refractivity contribution in [1.29, 1.82) is 0 Å². The van der Waals surface area contributed by atoms with Gasteiger partial charge in [0.15, 0.2) is 0 Å². The highest BCUT2D eigenvalue weighted by Crippen LogP contribution is 2.19. The predicted molar refractivity (Wildman–Crippen MR) is 73.5 cm³/mol. The van der Waals surface area contributed by atoms with Crippen LogP contribution in [0.5, 0.6) is 0 Å². The van der Waals surface area contributed by atoms with E-state index in [0.29, 0.717) is 26.1 Å². The van der Waals surface area contributed by atoms with Gasteiger partial charge in [0.2, 0.25) is 11.8 Å². The third-order valence-corrected chi connectivity index (χ3v) is 3.19. The maximum absolute atomic E-state index is 12.1. The molecular weight excluding hydrogens is 254 g/mol. The van der Waals surface area contributed by atoms with E-state index >= 15 is 0 Å². The Balaban J connectivity index is 0.00000289. The van der Waals surface area contributed by atoms with E-state index in [2.05, 4.69) is 5.32 Å². The molecule has 3 N–H and O–H groups in total. The van der Waals surface area contributed by atoms with Gasteiger partial charge in [-0.15, -0.1) is 12.4 Å². The van der Waals surface area contributed by atoms with Gasteiger partial charge in [0.05, 0.1) is 0 Å². The number of nitrogens with zero attached hydrogens (tertiary/aromatic N) is 1. The second-order valence-corrected chi connectivity index (χ2v) is 5.60. The molecule has 0 bridgehead atoms. The zero-order valence-corrected chi connectivity index (χ0v) is 12.2. The van der Waals surface area contributed by atoms with Gasteiger partial charge in [-0.3, -0.25) is 9.59 Å². The van der Waals surface area contributed by atoms with Gasteiger partial charge in [0, 0.05) is 32.5 Å². The first-order chi connectivity index (χ1) is 7.85. The van der Waals surface area contributed by atoms with Gasteiger partial charge < -0.3 is 16.0 Å². The molecule has 0 spiro atoms. The zero-order chi connectivity index (χ0) is 13.1. The molecule has 1 fully saturated rings. The molecule has 1 unspecified atom stereocenters. The molecule has 0 radical (unpaired) electrons. The molecule has 18 heavy (non-hydrogen) atoms. The van der Waals surface area contributed by atoms with Gasteiger partial charge in [-0.2, -0.15) is 0 Å². The first-order valence-electron chi connectivity index (χ1n) is 6.07. The zero-order valence-electron chi connectivity index (χ0n) is 11.4. The molecule has 1 atom stereocenters. The van der Waals surface area contributed by atoms with Crippen molar-refractivity contribution in [1.82, 2.24) is 10.2 Å². The minimum Gasteiger partial charge on any atom is -0.356 e. The van der Waals surface area contributed by atoms with Crippen LogP contribution in [-0.2, 0) is 9.59 Å². The highest BCUT2D eigenvalue weighted by Gasteiger charge is 2.30. The minimum absolute atomic E-state index is 0. The molecule has 6 heteroatoms. The summed E-state index contributed by atoms with van der Waals surface area (Å²) >= 11 is 0. The van der Waals surface area contributed by atoms with Crippen molar-refractivity contribution >= 4 is 24.2 Å². The van der Waals surface area contributed by atoms with Crippen molar-refractivity contribution in [3.05, 3.63) is 0 Å². The van der Waals surface area contributed by atoms with Crippen molar-refractivity contribution in [3.63, 3.8) is 0 Å². The van der Waals surface area contributed by atoms with Crippen LogP contribution in [0.2, 0.25) is 0 Å². The average molecular weight is 278 g/mol. The fourth-order valence-corrected chi connectivity index (χ4v) is 2.09. The van der Waals surface area contributed by atoms with Crippen molar-refractivity contribution in [3.8, 4) is 0 Å². The summed E-state index contributed by atoms with van der Waals surface area (Å²) in [5, 5.41) is 2.74. The number of hydrogen-bond donors (Lipinski definition) is 2. The molecule has 1 aliphatic rings. The third-order valence-electron chi connectivity index (χ3n) is 3.19. The van der Waals surface area contributed by atoms with Crippen LogP contribution in [-0.4, -0.2) is 43.4 Å². The third kappa shape index (κ3) is 4.82. The standard InChI is InChI=1S/C12H23N3O2.ClH/c1-12(2,7-13)8-15(3)11(17)9-4-5-14-10(16)6-9;/h9H,4-8,13H2,1-3H3,(H,14,16);1H. The van der Waals surface area contributed by atoms with E-state index in [4.69, 9.17) is 5.73 Å². The molecular formula is C12H24ClN3O2. The van der Waals surface area contributed by atoms with Crippen molar-refractivity contribution < 1.29 is 9.59 Å². The van der Waals surface area contributed by atoms with Gasteiger partial charge in [0.1, 0.15) is 0 Å². The number of carbonyl (C=O) groups is 2. The van der Waals surface area contributed by atoms with Crippen LogP contribution in [0.4, 0.5) is 0 Å². The Bertz CT molecular complexity index is 308. The molecule has 0 aromatic carbocycles. The molecule has 0 aromatic rings. The average Bonchev–Trinajstić information content (AvgIpc) is 2.27. The lowest BCUT2D eigenvalue weighted by Crippen LogP contribution is -2.45. The lowest BCUT2D eigenvalue weighted by molar-refractivity contribution is -0.139. The second-order valence-electron chi connectivity index (χ2n) is 5.60. The van der Waals surface area contributed by atoms with Gasteiger partial charge >= 0.3 is 0 Å². The fraction of sp³-hybridized carbons (Fsp3) is 0.833. The summed E-state index contributed by atoms with van der Waals surface area (Å²) in [7, 11) is 1.78. The highest BCUT2D eigenvalue weighted by molar-refractivity contribution is 5.86. The maximum Gasteiger partial charge on any atom is 0.226 e. The van der Waals surface area contributed by atoms with E-state index in [0.717, 1.165) is 6.42 Å². The molecule has 0 aromatic heterocycles. The number of halogens is 1. The van der Waals surface area contributed by atoms with Gasteiger partial charge in [0.25, 0.3) is 0 Å². The largest absolute Gasteiger partial charge is 0.356 e. The van der Waals surface area contributed by atoms with Gasteiger partial charge in [-0.05, 0) is 18.4 Å². The number of amides is 2. The van der Waals surface area contributed by atoms with Crippen molar-refractivity contribution in [2.24, 2.45) is 17.1 Å². The molecule has 0 saturated carbocycles. The Hall–Kier alpha value is -0.810. The molecule has 5 nitrogen and oxygen atoms in total. The van der Waals surface area contributed by atoms with E-state index in [1.807, 2.05) is 13.8 Å². The van der Waals surface area contributed by atoms with Crippen LogP contribution in [0.3, 0.4) is 0 Å². The Kier molecular flexibility index (Phi) is 6.63. The summed E-state index contributed by atoms with van der Waals surface area (Å²) in [6.07, 6.45) is 1.05. The predicted octanol–water partition coefficient (Wildman–Crippen LogP) is 0.378. The second kappa shape index (κ2) is 6.95. The fourth-order valence-electron chi connectivity index (χ4n) is 2.09. The monoisotopic (exact) mass is 277 g/mol. The van der Waals surface area contributed by atoms with Crippen LogP contribution in [0.1, 0.15) is 26.7 Å². The van der Waals surface area contributed by atoms with Crippen molar-refractivity contribution in [2.45, 2.75) is 26.7 Å². The Labute approximate surface area is 115 Å². The topological polar surface area (TPSA) is 75.4 Å². The SMILES string of the molecule is CN(CC(C)(C)CN)C(=O)C1CCNC(=O)C1.Cl. The molecule has 1 heterocycles. The summed E-state index contributed by atoms with van der Waals surface area (Å²) < 4.78 is 0. The lowest BCUT2D eigenvalue weighted by Gasteiger charge is -2.32. The molecule has 0 aliphatic carbocycles. The molecule has 1 aliphatic heterocycles. The van der Waals surface area contributed by atoms with Crippen LogP contribution < -0.4 is 11.1 Å². The van der Waals surface area contributed by atoms with Crippen LogP contribution in [0, 0.1) is 11.3 Å². The smallest absolute Gasteiger partial charge is 0.226 e. The van der Waals surface area contributed by atoms with E-state index < -0.39 is 0 Å². The quantitative estimate of drug-likeness (QED) is 0.780. The highest BCUT2D eigenvalue weighted by atomic mass is 35.5. The number of hydrogen-bond acceptors (Lipinski definition) is 3. The minimum atomic E-state index is -0.165. The first-order valence-corrected chi connectivity index (χ1v) is 6.07. The summed E-state index contributed by atoms with van der Waals surface area (Å²) in [6, 6.07) is 0. The van der Waals surface area contributed by atoms with E-state index in [-0.39, 0.29) is 35.6 Å². The van der Waals surface area contributed by atoms with Crippen molar-refractivity contribution in [2.75, 3.05) is 26.7 Å². The van der Waals surface area contributed by atoms with E-state index in [1.165, 1.54) is 0 Å². The number of piperidine rings is 1. The summed E-state index contributed by atoms with van der Waals surface area (Å²) in [5.74, 6) is -0.134. The van der Waals surface area contributed by atoms with Crippen LogP contribution >= 0.6 is 12.4 Å². The number of rotatable bonds is 4. The molecule has 106 valence electrons. The molecule has 1 rings (SSSR count). The Morgan fingerprint density at radius 1 is 1.56 bits per heavy atom. The summed E-state index contributed by atoms with van der Waals surface area (Å²) in [6.45, 7) is 5.83. The Morgan fingerprint density at radius 2 is 2.17 bits per heavy atom. The molecule has 1 saturated heterocycles. The molecule has 2 amide bonds. The summed E-state index contributed by atoms with van der Waals surface area (Å²) in [5.41, 5.74) is 5.57. The van der Waals surface area contributed by atoms with Gasteiger partial charge in [-0.25, -0.2) is 0 Å². The Morgan fingerprint density at radius 3 is 2.67 bits per heavy atom. The van der Waals surface area contributed by atoms with E-state index in [1.54, 1.807) is 11.9 Å².